The molecule has 0 radical (unpaired) electrons. The number of benzene rings is 1. The molecule has 0 aliphatic carbocycles. The molecule has 0 aliphatic heterocycles. The largest absolute Gasteiger partial charge is 0.308 e. The summed E-state index contributed by atoms with van der Waals surface area (Å²) in [7, 11) is 3.60. The third kappa shape index (κ3) is 2.26. The Morgan fingerprint density at radius 2 is 1.94 bits per heavy atom. The Labute approximate surface area is 104 Å². The summed E-state index contributed by atoms with van der Waals surface area (Å²) in [5.74, 6) is -1.68. The van der Waals surface area contributed by atoms with Gasteiger partial charge in [-0.15, -0.1) is 0 Å². The van der Waals surface area contributed by atoms with Crippen LogP contribution in [0.5, 0.6) is 0 Å². The number of hydrogen-bond acceptors (Lipinski definition) is 2. The molecule has 0 bridgehead atoms. The van der Waals surface area contributed by atoms with Crippen LogP contribution in [0.4, 0.5) is 8.78 Å². The minimum absolute atomic E-state index is 0.216. The topological polar surface area (TPSA) is 29.9 Å². The van der Waals surface area contributed by atoms with E-state index >= 15 is 0 Å². The quantitative estimate of drug-likeness (QED) is 0.907. The maximum Gasteiger partial charge on any atom is 0.159 e. The van der Waals surface area contributed by atoms with Gasteiger partial charge >= 0.3 is 0 Å². The Bertz CT molecular complexity index is 563. The van der Waals surface area contributed by atoms with Gasteiger partial charge in [-0.3, -0.25) is 4.68 Å². The molecule has 2 rings (SSSR count). The monoisotopic (exact) mass is 251 g/mol. The minimum Gasteiger partial charge on any atom is -0.308 e. The lowest BCUT2D eigenvalue weighted by Gasteiger charge is -2.17. The molecule has 0 fully saturated rings. The first kappa shape index (κ1) is 12.7. The second-order valence-electron chi connectivity index (χ2n) is 4.23. The fraction of sp³-hybridized carbons (Fsp3) is 0.308. The molecule has 1 N–H and O–H groups in total. The van der Waals surface area contributed by atoms with Crippen molar-refractivity contribution in [1.29, 1.82) is 0 Å². The normalized spacial score (nSPS) is 12.7. The summed E-state index contributed by atoms with van der Waals surface area (Å²) in [4.78, 5) is 0. The van der Waals surface area contributed by atoms with Crippen LogP contribution in [0.3, 0.4) is 0 Å². The maximum atomic E-state index is 13.3. The molecule has 5 heteroatoms. The Morgan fingerprint density at radius 1 is 1.22 bits per heavy atom. The molecule has 3 nitrogen and oxygen atoms in total. The molecule has 1 unspecified atom stereocenters. The van der Waals surface area contributed by atoms with E-state index in [1.165, 1.54) is 6.07 Å². The molecule has 0 saturated carbocycles. The number of aromatic nitrogens is 2. The summed E-state index contributed by atoms with van der Waals surface area (Å²) < 4.78 is 27.9. The molecular formula is C13H15F2N3. The summed E-state index contributed by atoms with van der Waals surface area (Å²) in [5, 5.41) is 7.34. The molecule has 1 heterocycles. The standard InChI is InChI=1S/C13H15F2N3/c1-8-6-12(18(3)17-8)13(16-2)9-4-5-10(14)11(15)7-9/h4-7,13,16H,1-3H3. The molecule has 0 amide bonds. The van der Waals surface area contributed by atoms with Crippen molar-refractivity contribution in [3.05, 3.63) is 52.9 Å². The zero-order chi connectivity index (χ0) is 13.3. The molecule has 2 aromatic rings. The van der Waals surface area contributed by atoms with E-state index in [1.54, 1.807) is 17.8 Å². The van der Waals surface area contributed by atoms with Gasteiger partial charge in [-0.25, -0.2) is 8.78 Å². The maximum absolute atomic E-state index is 13.3. The van der Waals surface area contributed by atoms with Crippen LogP contribution in [-0.2, 0) is 7.05 Å². The van der Waals surface area contributed by atoms with Gasteiger partial charge in [0.15, 0.2) is 11.6 Å². The zero-order valence-electron chi connectivity index (χ0n) is 10.5. The highest BCUT2D eigenvalue weighted by Crippen LogP contribution is 2.23. The van der Waals surface area contributed by atoms with Gasteiger partial charge in [0.2, 0.25) is 0 Å². The third-order valence-corrected chi connectivity index (χ3v) is 2.90. The molecule has 1 atom stereocenters. The molecule has 1 aromatic carbocycles. The highest BCUT2D eigenvalue weighted by molar-refractivity contribution is 5.29. The van der Waals surface area contributed by atoms with E-state index in [1.807, 2.05) is 20.0 Å². The van der Waals surface area contributed by atoms with Crippen molar-refractivity contribution in [2.24, 2.45) is 7.05 Å². The van der Waals surface area contributed by atoms with Crippen LogP contribution in [0.25, 0.3) is 0 Å². The number of hydrogen-bond donors (Lipinski definition) is 1. The first-order valence-corrected chi connectivity index (χ1v) is 5.65. The first-order chi connectivity index (χ1) is 8.52. The molecule has 1 aromatic heterocycles. The summed E-state index contributed by atoms with van der Waals surface area (Å²) in [5.41, 5.74) is 2.45. The van der Waals surface area contributed by atoms with Gasteiger partial charge in [0.05, 0.1) is 17.4 Å². The van der Waals surface area contributed by atoms with Gasteiger partial charge in [-0.05, 0) is 37.7 Å². The molecule has 0 spiro atoms. The van der Waals surface area contributed by atoms with E-state index in [9.17, 15) is 8.78 Å². The lowest BCUT2D eigenvalue weighted by molar-refractivity contribution is 0.503. The predicted octanol–water partition coefficient (Wildman–Crippen LogP) is 2.32. The SMILES string of the molecule is CNC(c1ccc(F)c(F)c1)c1cc(C)nn1C. The number of nitrogens with zero attached hydrogens (tertiary/aromatic N) is 2. The lowest BCUT2D eigenvalue weighted by atomic mass is 10.0. The van der Waals surface area contributed by atoms with E-state index in [4.69, 9.17) is 0 Å². The first-order valence-electron chi connectivity index (χ1n) is 5.65. The van der Waals surface area contributed by atoms with Crippen LogP contribution >= 0.6 is 0 Å². The van der Waals surface area contributed by atoms with Gasteiger partial charge < -0.3 is 5.32 Å². The number of aryl methyl sites for hydroxylation is 2. The van der Waals surface area contributed by atoms with E-state index in [2.05, 4.69) is 10.4 Å². The Kier molecular flexibility index (Phi) is 3.43. The third-order valence-electron chi connectivity index (χ3n) is 2.90. The smallest absolute Gasteiger partial charge is 0.159 e. The van der Waals surface area contributed by atoms with Crippen LogP contribution in [0.1, 0.15) is 23.0 Å². The summed E-state index contributed by atoms with van der Waals surface area (Å²) in [6, 6.07) is 5.62. The van der Waals surface area contributed by atoms with Crippen molar-refractivity contribution >= 4 is 0 Å². The number of rotatable bonds is 3. The average Bonchev–Trinajstić information content (AvgIpc) is 2.64. The highest BCUT2D eigenvalue weighted by Gasteiger charge is 2.17. The van der Waals surface area contributed by atoms with E-state index in [0.717, 1.165) is 17.5 Å². The second-order valence-corrected chi connectivity index (χ2v) is 4.23. The van der Waals surface area contributed by atoms with Gasteiger partial charge in [0.25, 0.3) is 0 Å². The van der Waals surface area contributed by atoms with Gasteiger partial charge in [-0.2, -0.15) is 5.10 Å². The highest BCUT2D eigenvalue weighted by atomic mass is 19.2. The molecular weight excluding hydrogens is 236 g/mol. The summed E-state index contributed by atoms with van der Waals surface area (Å²) in [6.45, 7) is 1.89. The van der Waals surface area contributed by atoms with Crippen molar-refractivity contribution in [3.63, 3.8) is 0 Å². The minimum atomic E-state index is -0.841. The van der Waals surface area contributed by atoms with Gasteiger partial charge in [-0.1, -0.05) is 6.07 Å². The van der Waals surface area contributed by atoms with Gasteiger partial charge in [0.1, 0.15) is 0 Å². The van der Waals surface area contributed by atoms with Crippen molar-refractivity contribution in [1.82, 2.24) is 15.1 Å². The van der Waals surface area contributed by atoms with Crippen molar-refractivity contribution < 1.29 is 8.78 Å². The van der Waals surface area contributed by atoms with Crippen molar-refractivity contribution in [2.75, 3.05) is 7.05 Å². The van der Waals surface area contributed by atoms with E-state index in [0.29, 0.717) is 5.56 Å². The average molecular weight is 251 g/mol. The van der Waals surface area contributed by atoms with Crippen LogP contribution in [0.15, 0.2) is 24.3 Å². The summed E-state index contributed by atoms with van der Waals surface area (Å²) >= 11 is 0. The van der Waals surface area contributed by atoms with E-state index < -0.39 is 11.6 Å². The van der Waals surface area contributed by atoms with Crippen molar-refractivity contribution in [3.8, 4) is 0 Å². The molecule has 0 aliphatic rings. The zero-order valence-corrected chi connectivity index (χ0v) is 10.5. The van der Waals surface area contributed by atoms with Crippen LogP contribution in [-0.4, -0.2) is 16.8 Å². The predicted molar refractivity (Wildman–Crippen MR) is 65.2 cm³/mol. The van der Waals surface area contributed by atoms with Crippen LogP contribution < -0.4 is 5.32 Å². The molecule has 96 valence electrons. The number of halogens is 2. The van der Waals surface area contributed by atoms with E-state index in [-0.39, 0.29) is 6.04 Å². The van der Waals surface area contributed by atoms with Gasteiger partial charge in [0, 0.05) is 7.05 Å². The van der Waals surface area contributed by atoms with Crippen LogP contribution in [0, 0.1) is 18.6 Å². The van der Waals surface area contributed by atoms with Crippen LogP contribution in [0.2, 0.25) is 0 Å². The Balaban J connectivity index is 2.45. The lowest BCUT2D eigenvalue weighted by Crippen LogP contribution is -2.20. The molecule has 18 heavy (non-hydrogen) atoms. The van der Waals surface area contributed by atoms with Crippen molar-refractivity contribution in [2.45, 2.75) is 13.0 Å². The number of nitrogens with one attached hydrogen (secondary N) is 1. The second kappa shape index (κ2) is 4.86. The fourth-order valence-electron chi connectivity index (χ4n) is 2.08. The summed E-state index contributed by atoms with van der Waals surface area (Å²) in [6.07, 6.45) is 0. The Morgan fingerprint density at radius 3 is 2.44 bits per heavy atom. The molecule has 0 saturated heterocycles. The Hall–Kier alpha value is -1.75. The fourth-order valence-corrected chi connectivity index (χ4v) is 2.08.